The smallest absolute Gasteiger partial charge is 0.138 e. The van der Waals surface area contributed by atoms with Crippen LogP contribution in [0.1, 0.15) is 32.3 Å². The normalized spacial score (nSPS) is 9.88. The largest absolute Gasteiger partial charge is 0.492 e. The van der Waals surface area contributed by atoms with Crippen LogP contribution in [0, 0.1) is 17.8 Å². The number of aromatic nitrogens is 1. The Hall–Kier alpha value is -1.20. The zero-order valence-corrected chi connectivity index (χ0v) is 11.1. The Morgan fingerprint density at radius 1 is 1.41 bits per heavy atom. The zero-order valence-electron chi connectivity index (χ0n) is 10.4. The van der Waals surface area contributed by atoms with Gasteiger partial charge >= 0.3 is 0 Å². The lowest BCUT2D eigenvalue weighted by Crippen LogP contribution is -2.01. The predicted molar refractivity (Wildman–Crippen MR) is 71.4 cm³/mol. The van der Waals surface area contributed by atoms with E-state index in [9.17, 15) is 0 Å². The van der Waals surface area contributed by atoms with Crippen LogP contribution < -0.4 is 4.74 Å². The third-order valence-corrected chi connectivity index (χ3v) is 2.32. The van der Waals surface area contributed by atoms with Crippen molar-refractivity contribution in [2.75, 3.05) is 12.5 Å². The first kappa shape index (κ1) is 13.9. The van der Waals surface area contributed by atoms with E-state index in [1.165, 1.54) is 0 Å². The van der Waals surface area contributed by atoms with Gasteiger partial charge in [0, 0.05) is 24.1 Å². The van der Waals surface area contributed by atoms with E-state index in [0.717, 1.165) is 24.3 Å². The predicted octanol–water partition coefficient (Wildman–Crippen LogP) is 3.49. The van der Waals surface area contributed by atoms with Crippen LogP contribution >= 0.6 is 11.6 Å². The lowest BCUT2D eigenvalue weighted by Gasteiger charge is -2.07. The summed E-state index contributed by atoms with van der Waals surface area (Å²) in [5, 5.41) is 0. The van der Waals surface area contributed by atoms with Gasteiger partial charge in [-0.15, -0.1) is 11.6 Å². The first-order valence-electron chi connectivity index (χ1n) is 5.85. The number of nitrogens with zero attached hydrogens (tertiary/aromatic N) is 1. The molecule has 0 aliphatic heterocycles. The average molecular weight is 252 g/mol. The van der Waals surface area contributed by atoms with Gasteiger partial charge in [0.2, 0.25) is 0 Å². The van der Waals surface area contributed by atoms with E-state index >= 15 is 0 Å². The maximum absolute atomic E-state index is 5.61. The summed E-state index contributed by atoms with van der Waals surface area (Å²) in [5.41, 5.74) is 0.872. The van der Waals surface area contributed by atoms with Gasteiger partial charge in [-0.3, -0.25) is 4.98 Å². The first-order valence-corrected chi connectivity index (χ1v) is 6.38. The minimum Gasteiger partial charge on any atom is -0.492 e. The van der Waals surface area contributed by atoms with E-state index in [2.05, 4.69) is 30.7 Å². The molecule has 1 aromatic heterocycles. The van der Waals surface area contributed by atoms with Crippen LogP contribution in [-0.2, 0) is 0 Å². The van der Waals surface area contributed by atoms with E-state index in [-0.39, 0.29) is 0 Å². The molecule has 0 saturated carbocycles. The third-order valence-electron chi connectivity index (χ3n) is 2.13. The molecular formula is C14H18ClNO. The molecule has 0 fully saturated rings. The summed E-state index contributed by atoms with van der Waals surface area (Å²) < 4.78 is 5.61. The highest BCUT2D eigenvalue weighted by molar-refractivity contribution is 6.18. The summed E-state index contributed by atoms with van der Waals surface area (Å²) in [6.45, 7) is 5.07. The summed E-state index contributed by atoms with van der Waals surface area (Å²) in [7, 11) is 0. The SMILES string of the molecule is CC(C)CCOc1cncc(C#CCCCl)c1. The van der Waals surface area contributed by atoms with E-state index in [4.69, 9.17) is 16.3 Å². The molecule has 0 unspecified atom stereocenters. The molecule has 0 aliphatic carbocycles. The molecule has 0 atom stereocenters. The highest BCUT2D eigenvalue weighted by Gasteiger charge is 1.98. The van der Waals surface area contributed by atoms with Gasteiger partial charge in [-0.2, -0.15) is 0 Å². The van der Waals surface area contributed by atoms with E-state index in [1.54, 1.807) is 12.4 Å². The molecule has 0 N–H and O–H groups in total. The number of ether oxygens (including phenoxy) is 1. The lowest BCUT2D eigenvalue weighted by atomic mass is 10.1. The summed E-state index contributed by atoms with van der Waals surface area (Å²) in [4.78, 5) is 4.10. The maximum atomic E-state index is 5.61. The van der Waals surface area contributed by atoms with Gasteiger partial charge in [-0.25, -0.2) is 0 Å². The molecule has 0 bridgehead atoms. The van der Waals surface area contributed by atoms with Crippen LogP contribution in [0.25, 0.3) is 0 Å². The number of rotatable bonds is 5. The molecule has 0 radical (unpaired) electrons. The average Bonchev–Trinajstić information content (AvgIpc) is 2.29. The minimum atomic E-state index is 0.561. The summed E-state index contributed by atoms with van der Waals surface area (Å²) in [6.07, 6.45) is 5.19. The van der Waals surface area contributed by atoms with Crippen LogP contribution in [0.5, 0.6) is 5.75 Å². The van der Waals surface area contributed by atoms with E-state index in [0.29, 0.717) is 18.2 Å². The fourth-order valence-corrected chi connectivity index (χ4v) is 1.28. The van der Waals surface area contributed by atoms with Crippen LogP contribution in [-0.4, -0.2) is 17.5 Å². The highest BCUT2D eigenvalue weighted by Crippen LogP contribution is 2.11. The van der Waals surface area contributed by atoms with Crippen molar-refractivity contribution in [3.05, 3.63) is 24.0 Å². The molecule has 0 saturated heterocycles. The Kier molecular flexibility index (Phi) is 6.50. The zero-order chi connectivity index (χ0) is 12.5. The fraction of sp³-hybridized carbons (Fsp3) is 0.500. The van der Waals surface area contributed by atoms with Gasteiger partial charge in [0.15, 0.2) is 0 Å². The Morgan fingerprint density at radius 3 is 2.94 bits per heavy atom. The van der Waals surface area contributed by atoms with E-state index < -0.39 is 0 Å². The van der Waals surface area contributed by atoms with Gasteiger partial charge < -0.3 is 4.74 Å². The van der Waals surface area contributed by atoms with Gasteiger partial charge in [0.1, 0.15) is 5.75 Å². The molecular weight excluding hydrogens is 234 g/mol. The molecule has 1 aromatic rings. The molecule has 2 nitrogen and oxygen atoms in total. The van der Waals surface area contributed by atoms with Crippen molar-refractivity contribution in [2.24, 2.45) is 5.92 Å². The highest BCUT2D eigenvalue weighted by atomic mass is 35.5. The minimum absolute atomic E-state index is 0.561. The second-order valence-electron chi connectivity index (χ2n) is 4.18. The molecule has 1 heterocycles. The topological polar surface area (TPSA) is 22.1 Å². The second kappa shape index (κ2) is 7.97. The quantitative estimate of drug-likeness (QED) is 0.590. The second-order valence-corrected chi connectivity index (χ2v) is 4.56. The molecule has 17 heavy (non-hydrogen) atoms. The molecule has 0 spiro atoms. The number of hydrogen-bond donors (Lipinski definition) is 0. The van der Waals surface area contributed by atoms with Crippen molar-refractivity contribution in [3.63, 3.8) is 0 Å². The fourth-order valence-electron chi connectivity index (χ4n) is 1.19. The van der Waals surface area contributed by atoms with Crippen molar-refractivity contribution >= 4 is 11.6 Å². The van der Waals surface area contributed by atoms with Crippen molar-refractivity contribution in [1.29, 1.82) is 0 Å². The van der Waals surface area contributed by atoms with Gasteiger partial charge in [-0.05, 0) is 18.4 Å². The molecule has 0 aliphatic rings. The molecule has 1 rings (SSSR count). The monoisotopic (exact) mass is 251 g/mol. The first-order chi connectivity index (χ1) is 8.22. The molecule has 3 heteroatoms. The Balaban J connectivity index is 2.51. The Bertz CT molecular complexity index is 393. The van der Waals surface area contributed by atoms with Crippen molar-refractivity contribution < 1.29 is 4.74 Å². The van der Waals surface area contributed by atoms with Crippen molar-refractivity contribution in [2.45, 2.75) is 26.7 Å². The van der Waals surface area contributed by atoms with E-state index in [1.807, 2.05) is 6.07 Å². The molecule has 0 amide bonds. The summed E-state index contributed by atoms with van der Waals surface area (Å²) in [5.74, 6) is 7.97. The lowest BCUT2D eigenvalue weighted by molar-refractivity contribution is 0.288. The van der Waals surface area contributed by atoms with Gasteiger partial charge in [0.25, 0.3) is 0 Å². The van der Waals surface area contributed by atoms with Crippen LogP contribution in [0.4, 0.5) is 0 Å². The van der Waals surface area contributed by atoms with Gasteiger partial charge in [-0.1, -0.05) is 25.7 Å². The number of hydrogen-bond acceptors (Lipinski definition) is 2. The molecule has 92 valence electrons. The number of alkyl halides is 1. The van der Waals surface area contributed by atoms with Crippen LogP contribution in [0.15, 0.2) is 18.5 Å². The summed E-state index contributed by atoms with van der Waals surface area (Å²) in [6, 6.07) is 1.91. The Morgan fingerprint density at radius 2 is 2.24 bits per heavy atom. The number of pyridine rings is 1. The van der Waals surface area contributed by atoms with Crippen molar-refractivity contribution in [1.82, 2.24) is 4.98 Å². The van der Waals surface area contributed by atoms with Crippen molar-refractivity contribution in [3.8, 4) is 17.6 Å². The standard InChI is InChI=1S/C14H18ClNO/c1-12(2)6-8-17-14-9-13(10-16-11-14)5-3-4-7-15/h9-12H,4,6-8H2,1-2H3. The van der Waals surface area contributed by atoms with Crippen LogP contribution in [0.2, 0.25) is 0 Å². The molecule has 0 aromatic carbocycles. The number of halogens is 1. The van der Waals surface area contributed by atoms with Gasteiger partial charge in [0.05, 0.1) is 12.8 Å². The Labute approximate surface area is 108 Å². The third kappa shape index (κ3) is 6.19. The summed E-state index contributed by atoms with van der Waals surface area (Å²) >= 11 is 5.55. The maximum Gasteiger partial charge on any atom is 0.138 e. The van der Waals surface area contributed by atoms with Crippen LogP contribution in [0.3, 0.4) is 0 Å².